The normalized spacial score (nSPS) is 10.3. The summed E-state index contributed by atoms with van der Waals surface area (Å²) < 4.78 is 0. The number of hydrogen-bond donors (Lipinski definition) is 0. The highest BCUT2D eigenvalue weighted by Gasteiger charge is 1.59. The van der Waals surface area contributed by atoms with Crippen molar-refractivity contribution in [3.05, 3.63) is 0 Å². The molecule has 36 valence electrons. The van der Waals surface area contributed by atoms with Gasteiger partial charge >= 0.3 is 0 Å². The molecule has 0 aromatic carbocycles. The molecule has 0 N–H and O–H groups in total. The van der Waals surface area contributed by atoms with Gasteiger partial charge in [0.05, 0.1) is 0 Å². The van der Waals surface area contributed by atoms with Crippen LogP contribution in [-0.2, 0) is 0 Å². The summed E-state index contributed by atoms with van der Waals surface area (Å²) in [5, 5.41) is 0. The molecule has 0 bridgehead atoms. The van der Waals surface area contributed by atoms with Crippen molar-refractivity contribution in [1.82, 2.24) is 0 Å². The van der Waals surface area contributed by atoms with E-state index < -0.39 is 0 Å². The molecule has 0 spiro atoms. The van der Waals surface area contributed by atoms with Gasteiger partial charge in [0.25, 0.3) is 0 Å². The summed E-state index contributed by atoms with van der Waals surface area (Å²) in [6, 6.07) is 0. The van der Waals surface area contributed by atoms with Gasteiger partial charge in [-0.25, -0.2) is 0 Å². The minimum absolute atomic E-state index is 0.924. The summed E-state index contributed by atoms with van der Waals surface area (Å²) in [5.74, 6) is 0. The first kappa shape index (κ1) is 5.67. The quantitative estimate of drug-likeness (QED) is 0.358. The van der Waals surface area contributed by atoms with Crippen LogP contribution < -0.4 is 0 Å². The first-order chi connectivity index (χ1) is 2.91. The Hall–Kier alpha value is -0.330. The van der Waals surface area contributed by atoms with Crippen molar-refractivity contribution < 1.29 is 0 Å². The van der Waals surface area contributed by atoms with Crippen molar-refractivity contribution in [1.29, 1.82) is 0 Å². The lowest BCUT2D eigenvalue weighted by Gasteiger charge is -1.74. The molecule has 0 saturated heterocycles. The smallest absolute Gasteiger partial charge is 0.0357 e. The zero-order chi connectivity index (χ0) is 4.83. The monoisotopic (exact) mass is 88.1 g/mol. The van der Waals surface area contributed by atoms with Gasteiger partial charge in [-0.3, -0.25) is 4.99 Å². The fourth-order valence-corrected chi connectivity index (χ4v) is 0.258. The molecule has 0 heterocycles. The molecule has 0 atom stereocenters. The molecule has 0 saturated carbocycles. The SMILES string of the molecule is [13CH3]C/C=N\[13CH2][13CH3]. The number of rotatable bonds is 2. The van der Waals surface area contributed by atoms with Gasteiger partial charge in [0.2, 0.25) is 0 Å². The molecule has 0 aliphatic rings. The highest BCUT2D eigenvalue weighted by Crippen LogP contribution is 1.66. The molecular formula is C5H11N. The van der Waals surface area contributed by atoms with Crippen LogP contribution in [0.4, 0.5) is 0 Å². The molecule has 0 aromatic rings. The third kappa shape index (κ3) is 3.67. The lowest BCUT2D eigenvalue weighted by atomic mass is 10.7. The van der Waals surface area contributed by atoms with E-state index in [2.05, 4.69) is 11.9 Å². The fraction of sp³-hybridized carbons (Fsp3) is 0.800. The number of nitrogens with zero attached hydrogens (tertiary/aromatic N) is 1. The fourth-order valence-electron chi connectivity index (χ4n) is 0.258. The minimum atomic E-state index is 0.924. The molecule has 0 aliphatic carbocycles. The first-order valence-corrected chi connectivity index (χ1v) is 2.40. The summed E-state index contributed by atoms with van der Waals surface area (Å²) in [7, 11) is 0. The number of hydrogen-bond acceptors (Lipinski definition) is 1. The van der Waals surface area contributed by atoms with Crippen LogP contribution in [0.25, 0.3) is 0 Å². The van der Waals surface area contributed by atoms with Crippen LogP contribution in [-0.4, -0.2) is 12.8 Å². The van der Waals surface area contributed by atoms with E-state index in [4.69, 9.17) is 0 Å². The lowest BCUT2D eigenvalue weighted by Crippen LogP contribution is -1.68. The van der Waals surface area contributed by atoms with Crippen LogP contribution in [0.2, 0.25) is 0 Å². The van der Waals surface area contributed by atoms with E-state index in [0.29, 0.717) is 0 Å². The summed E-state index contributed by atoms with van der Waals surface area (Å²) in [4.78, 5) is 3.97. The van der Waals surface area contributed by atoms with Crippen LogP contribution in [0.3, 0.4) is 0 Å². The van der Waals surface area contributed by atoms with Crippen LogP contribution in [0.15, 0.2) is 4.99 Å². The van der Waals surface area contributed by atoms with Gasteiger partial charge in [-0.05, 0) is 19.6 Å². The van der Waals surface area contributed by atoms with E-state index in [1.807, 2.05) is 13.1 Å². The van der Waals surface area contributed by atoms with Gasteiger partial charge in [0.15, 0.2) is 0 Å². The standard InChI is InChI=1S/C5H11N/c1-3-5-6-4-2/h5H,3-4H2,1-2H3/b6-5-/i1+1,2+1,4+1. The van der Waals surface area contributed by atoms with Gasteiger partial charge in [-0.2, -0.15) is 0 Å². The summed E-state index contributed by atoms with van der Waals surface area (Å²) >= 11 is 0. The molecule has 0 fully saturated rings. The maximum absolute atomic E-state index is 3.97. The summed E-state index contributed by atoms with van der Waals surface area (Å²) in [6.07, 6.45) is 2.99. The molecule has 0 rings (SSSR count). The van der Waals surface area contributed by atoms with Crippen molar-refractivity contribution in [2.45, 2.75) is 20.3 Å². The van der Waals surface area contributed by atoms with E-state index in [1.54, 1.807) is 0 Å². The van der Waals surface area contributed by atoms with Gasteiger partial charge in [0, 0.05) is 6.54 Å². The number of aliphatic imine (C=N–C) groups is 1. The average molecular weight is 88.1 g/mol. The van der Waals surface area contributed by atoms with Crippen molar-refractivity contribution in [2.75, 3.05) is 6.54 Å². The van der Waals surface area contributed by atoms with E-state index >= 15 is 0 Å². The van der Waals surface area contributed by atoms with E-state index in [9.17, 15) is 0 Å². The summed E-state index contributed by atoms with van der Waals surface area (Å²) in [6.45, 7) is 5.04. The second-order valence-corrected chi connectivity index (χ2v) is 1.09. The molecular weight excluding hydrogens is 77.0 g/mol. The topological polar surface area (TPSA) is 12.4 Å². The molecule has 1 nitrogen and oxygen atoms in total. The Morgan fingerprint density at radius 3 is 2.33 bits per heavy atom. The Morgan fingerprint density at radius 1 is 1.50 bits per heavy atom. The van der Waals surface area contributed by atoms with E-state index in [1.165, 1.54) is 0 Å². The second-order valence-electron chi connectivity index (χ2n) is 1.09. The summed E-state index contributed by atoms with van der Waals surface area (Å²) in [5.41, 5.74) is 0. The predicted molar refractivity (Wildman–Crippen MR) is 29.3 cm³/mol. The second kappa shape index (κ2) is 4.67. The largest absolute Gasteiger partial charge is 0.298 e. The Morgan fingerprint density at radius 2 is 2.17 bits per heavy atom. The Labute approximate surface area is 39.1 Å². The maximum atomic E-state index is 3.97. The molecule has 0 amide bonds. The van der Waals surface area contributed by atoms with E-state index in [-0.39, 0.29) is 0 Å². The van der Waals surface area contributed by atoms with Crippen molar-refractivity contribution in [3.63, 3.8) is 0 Å². The molecule has 6 heavy (non-hydrogen) atoms. The van der Waals surface area contributed by atoms with Crippen molar-refractivity contribution in [3.8, 4) is 0 Å². The molecule has 1 heteroatoms. The van der Waals surface area contributed by atoms with Crippen LogP contribution in [0.5, 0.6) is 0 Å². The highest BCUT2D eigenvalue weighted by atomic mass is 14.9. The molecule has 0 aromatic heterocycles. The van der Waals surface area contributed by atoms with Crippen molar-refractivity contribution >= 4 is 6.21 Å². The van der Waals surface area contributed by atoms with Crippen LogP contribution in [0.1, 0.15) is 20.3 Å². The van der Waals surface area contributed by atoms with Crippen LogP contribution >= 0.6 is 0 Å². The van der Waals surface area contributed by atoms with E-state index in [0.717, 1.165) is 13.0 Å². The predicted octanol–water partition coefficient (Wildman–Crippen LogP) is 1.49. The third-order valence-electron chi connectivity index (χ3n) is 0.494. The zero-order valence-electron chi connectivity index (χ0n) is 4.44. The van der Waals surface area contributed by atoms with Gasteiger partial charge in [-0.1, -0.05) is 6.92 Å². The Balaban J connectivity index is 2.73. The van der Waals surface area contributed by atoms with Crippen molar-refractivity contribution in [2.24, 2.45) is 4.99 Å². The Kier molecular flexibility index (Phi) is 4.41. The molecule has 0 aliphatic heterocycles. The minimum Gasteiger partial charge on any atom is -0.298 e. The van der Waals surface area contributed by atoms with Gasteiger partial charge in [0.1, 0.15) is 0 Å². The average Bonchev–Trinajstić information content (AvgIpc) is 1.61. The first-order valence-electron chi connectivity index (χ1n) is 2.40. The van der Waals surface area contributed by atoms with Gasteiger partial charge < -0.3 is 0 Å². The highest BCUT2D eigenvalue weighted by molar-refractivity contribution is 5.56. The Bertz CT molecular complexity index is 33.2. The molecule has 0 unspecified atom stereocenters. The molecule has 0 radical (unpaired) electrons. The third-order valence-corrected chi connectivity index (χ3v) is 0.494. The zero-order valence-corrected chi connectivity index (χ0v) is 4.44. The van der Waals surface area contributed by atoms with Gasteiger partial charge in [-0.15, -0.1) is 0 Å². The van der Waals surface area contributed by atoms with Crippen LogP contribution in [0, 0.1) is 0 Å². The lowest BCUT2D eigenvalue weighted by molar-refractivity contribution is 1.12. The maximum Gasteiger partial charge on any atom is 0.0357 e.